The van der Waals surface area contributed by atoms with Gasteiger partial charge in [-0.1, -0.05) is 22.9 Å². The van der Waals surface area contributed by atoms with Gasteiger partial charge < -0.3 is 10.1 Å². The van der Waals surface area contributed by atoms with Crippen molar-refractivity contribution >= 4 is 34.5 Å². The van der Waals surface area contributed by atoms with Gasteiger partial charge in [0.05, 0.1) is 18.8 Å². The van der Waals surface area contributed by atoms with E-state index in [4.69, 9.17) is 16.3 Å². The van der Waals surface area contributed by atoms with Gasteiger partial charge in [0.1, 0.15) is 5.01 Å². The first-order valence-corrected chi connectivity index (χ1v) is 8.96. The van der Waals surface area contributed by atoms with Crippen molar-refractivity contribution in [1.29, 1.82) is 0 Å². The molecule has 6 nitrogen and oxygen atoms in total. The average molecular weight is 367 g/mol. The van der Waals surface area contributed by atoms with Crippen molar-refractivity contribution in [3.63, 3.8) is 0 Å². The molecule has 1 N–H and O–H groups in total. The molecule has 1 aromatic carbocycles. The molecule has 1 aliphatic heterocycles. The summed E-state index contributed by atoms with van der Waals surface area (Å²) in [5, 5.41) is 12.8. The third-order valence-electron chi connectivity index (χ3n) is 3.62. The third kappa shape index (κ3) is 4.51. The Hall–Kier alpha value is -1.54. The van der Waals surface area contributed by atoms with Crippen molar-refractivity contribution < 1.29 is 9.53 Å². The van der Waals surface area contributed by atoms with Crippen LogP contribution in [0.4, 0.5) is 5.69 Å². The van der Waals surface area contributed by atoms with Gasteiger partial charge in [-0.3, -0.25) is 9.69 Å². The Kier molecular flexibility index (Phi) is 5.45. The number of hydrogen-bond acceptors (Lipinski definition) is 6. The summed E-state index contributed by atoms with van der Waals surface area (Å²) in [7, 11) is 0. The van der Waals surface area contributed by atoms with Crippen LogP contribution in [0.2, 0.25) is 5.02 Å². The van der Waals surface area contributed by atoms with E-state index >= 15 is 0 Å². The molecular formula is C16H19ClN4O2S. The lowest BCUT2D eigenvalue weighted by atomic mass is 10.2. The average Bonchev–Trinajstić information content (AvgIpc) is 2.97. The molecule has 0 unspecified atom stereocenters. The second kappa shape index (κ2) is 7.57. The van der Waals surface area contributed by atoms with Crippen LogP contribution < -0.4 is 5.32 Å². The Morgan fingerprint density at radius 2 is 1.96 bits per heavy atom. The van der Waals surface area contributed by atoms with Gasteiger partial charge in [-0.05, 0) is 38.1 Å². The first-order chi connectivity index (χ1) is 11.5. The summed E-state index contributed by atoms with van der Waals surface area (Å²) in [5.74, 6) is -0.259. The fourth-order valence-corrected chi connectivity index (χ4v) is 3.64. The molecule has 1 fully saturated rings. The molecule has 0 radical (unpaired) electrons. The van der Waals surface area contributed by atoms with Gasteiger partial charge in [-0.2, -0.15) is 0 Å². The van der Waals surface area contributed by atoms with E-state index in [1.54, 1.807) is 24.3 Å². The lowest BCUT2D eigenvalue weighted by molar-refractivity contribution is -0.0705. The zero-order valence-corrected chi connectivity index (χ0v) is 15.1. The fraction of sp³-hybridized carbons (Fsp3) is 0.438. The van der Waals surface area contributed by atoms with Crippen LogP contribution in [0.1, 0.15) is 28.7 Å². The standard InChI is InChI=1S/C16H19ClN4O2S/c1-10-7-21(8-11(2)23-10)9-14-19-20-16(24-14)15(22)18-13-5-3-12(17)4-6-13/h3-6,10-11H,7-9H2,1-2H3,(H,18,22)/t10-,11-/m0/s1. The largest absolute Gasteiger partial charge is 0.373 e. The van der Waals surface area contributed by atoms with Crippen LogP contribution >= 0.6 is 22.9 Å². The Morgan fingerprint density at radius 3 is 2.62 bits per heavy atom. The Labute approximate surface area is 149 Å². The van der Waals surface area contributed by atoms with Gasteiger partial charge in [0.15, 0.2) is 0 Å². The molecule has 0 saturated carbocycles. The molecule has 128 valence electrons. The highest BCUT2D eigenvalue weighted by Crippen LogP contribution is 2.19. The molecule has 8 heteroatoms. The molecule has 1 amide bonds. The molecule has 2 heterocycles. The zero-order chi connectivity index (χ0) is 17.1. The van der Waals surface area contributed by atoms with Crippen LogP contribution in [0.25, 0.3) is 0 Å². The summed E-state index contributed by atoms with van der Waals surface area (Å²) in [6.45, 7) is 6.53. The second-order valence-electron chi connectivity index (χ2n) is 5.91. The van der Waals surface area contributed by atoms with E-state index in [0.29, 0.717) is 22.3 Å². The monoisotopic (exact) mass is 366 g/mol. The maximum Gasteiger partial charge on any atom is 0.286 e. The zero-order valence-electron chi connectivity index (χ0n) is 13.5. The van der Waals surface area contributed by atoms with Crippen molar-refractivity contribution in [1.82, 2.24) is 15.1 Å². The summed E-state index contributed by atoms with van der Waals surface area (Å²) in [4.78, 5) is 14.5. The predicted octanol–water partition coefficient (Wildman–Crippen LogP) is 3.05. The highest BCUT2D eigenvalue weighted by Gasteiger charge is 2.23. The number of carbonyl (C=O) groups excluding carboxylic acids is 1. The van der Waals surface area contributed by atoms with E-state index in [1.165, 1.54) is 11.3 Å². The molecular weight excluding hydrogens is 348 g/mol. The van der Waals surface area contributed by atoms with Crippen LogP contribution in [0.5, 0.6) is 0 Å². The summed E-state index contributed by atoms with van der Waals surface area (Å²) in [6.07, 6.45) is 0.406. The van der Waals surface area contributed by atoms with Crippen molar-refractivity contribution in [3.05, 3.63) is 39.3 Å². The molecule has 0 bridgehead atoms. The van der Waals surface area contributed by atoms with Crippen molar-refractivity contribution in [2.75, 3.05) is 18.4 Å². The molecule has 1 aromatic heterocycles. The number of nitrogens with one attached hydrogen (secondary N) is 1. The third-order valence-corrected chi connectivity index (χ3v) is 4.78. The highest BCUT2D eigenvalue weighted by atomic mass is 35.5. The number of morpholine rings is 1. The number of anilines is 1. The number of rotatable bonds is 4. The van der Waals surface area contributed by atoms with E-state index < -0.39 is 0 Å². The van der Waals surface area contributed by atoms with Crippen molar-refractivity contribution in [2.45, 2.75) is 32.6 Å². The Morgan fingerprint density at radius 1 is 1.29 bits per heavy atom. The summed E-state index contributed by atoms with van der Waals surface area (Å²) < 4.78 is 5.72. The minimum Gasteiger partial charge on any atom is -0.373 e. The van der Waals surface area contributed by atoms with Gasteiger partial charge in [0, 0.05) is 23.8 Å². The first kappa shape index (κ1) is 17.3. The van der Waals surface area contributed by atoms with Gasteiger partial charge in [-0.15, -0.1) is 10.2 Å². The highest BCUT2D eigenvalue weighted by molar-refractivity contribution is 7.13. The van der Waals surface area contributed by atoms with Crippen LogP contribution in [0.15, 0.2) is 24.3 Å². The van der Waals surface area contributed by atoms with Gasteiger partial charge in [0.25, 0.3) is 5.91 Å². The molecule has 24 heavy (non-hydrogen) atoms. The predicted molar refractivity (Wildman–Crippen MR) is 94.6 cm³/mol. The molecule has 0 spiro atoms. The maximum atomic E-state index is 12.2. The molecule has 1 saturated heterocycles. The lowest BCUT2D eigenvalue weighted by Gasteiger charge is -2.34. The van der Waals surface area contributed by atoms with E-state index in [-0.39, 0.29) is 18.1 Å². The second-order valence-corrected chi connectivity index (χ2v) is 7.41. The van der Waals surface area contributed by atoms with E-state index in [2.05, 4.69) is 34.3 Å². The Bertz CT molecular complexity index is 696. The number of aromatic nitrogens is 2. The van der Waals surface area contributed by atoms with E-state index in [9.17, 15) is 4.79 Å². The van der Waals surface area contributed by atoms with E-state index in [0.717, 1.165) is 18.1 Å². The van der Waals surface area contributed by atoms with E-state index in [1.807, 2.05) is 0 Å². The van der Waals surface area contributed by atoms with Crippen LogP contribution in [0.3, 0.4) is 0 Å². The number of benzene rings is 1. The number of ether oxygens (including phenoxy) is 1. The fourth-order valence-electron chi connectivity index (χ4n) is 2.73. The molecule has 1 aliphatic rings. The SMILES string of the molecule is C[C@H]1CN(Cc2nnc(C(=O)Nc3ccc(Cl)cc3)s2)C[C@H](C)O1. The molecule has 2 atom stereocenters. The van der Waals surface area contributed by atoms with Gasteiger partial charge in [0.2, 0.25) is 5.01 Å². The summed E-state index contributed by atoms with van der Waals surface area (Å²) >= 11 is 7.15. The quantitative estimate of drug-likeness (QED) is 0.900. The molecule has 3 rings (SSSR count). The number of nitrogens with zero attached hydrogens (tertiary/aromatic N) is 3. The van der Waals surface area contributed by atoms with Gasteiger partial charge in [-0.25, -0.2) is 0 Å². The smallest absolute Gasteiger partial charge is 0.286 e. The molecule has 2 aromatic rings. The molecule has 0 aliphatic carbocycles. The summed E-state index contributed by atoms with van der Waals surface area (Å²) in [5.41, 5.74) is 0.678. The lowest BCUT2D eigenvalue weighted by Crippen LogP contribution is -2.44. The normalized spacial score (nSPS) is 21.6. The maximum absolute atomic E-state index is 12.2. The van der Waals surface area contributed by atoms with Crippen LogP contribution in [0, 0.1) is 0 Å². The number of hydrogen-bond donors (Lipinski definition) is 1. The minimum absolute atomic E-state index is 0.203. The number of halogens is 1. The summed E-state index contributed by atoms with van der Waals surface area (Å²) in [6, 6.07) is 6.95. The number of carbonyl (C=O) groups is 1. The first-order valence-electron chi connectivity index (χ1n) is 7.76. The van der Waals surface area contributed by atoms with Crippen molar-refractivity contribution in [2.24, 2.45) is 0 Å². The van der Waals surface area contributed by atoms with Crippen LogP contribution in [-0.2, 0) is 11.3 Å². The Balaban J connectivity index is 1.60. The minimum atomic E-state index is -0.259. The van der Waals surface area contributed by atoms with Crippen molar-refractivity contribution in [3.8, 4) is 0 Å². The van der Waals surface area contributed by atoms with Gasteiger partial charge >= 0.3 is 0 Å². The number of amides is 1. The van der Waals surface area contributed by atoms with Crippen LogP contribution in [-0.4, -0.2) is 46.3 Å². The topological polar surface area (TPSA) is 67.4 Å².